The van der Waals surface area contributed by atoms with E-state index in [-0.39, 0.29) is 22.4 Å². The summed E-state index contributed by atoms with van der Waals surface area (Å²) in [6.07, 6.45) is 1.84. The molecule has 144 valence electrons. The molecule has 2 rings (SSSR count). The molecule has 0 bridgehead atoms. The van der Waals surface area contributed by atoms with Gasteiger partial charge in [0.2, 0.25) is 0 Å². The highest BCUT2D eigenvalue weighted by Gasteiger charge is 2.31. The standard InChI is InChI=1S/C16H23N3O6S/c1-16(2,3)25-15(20)18-8-4-5-12(10-18)11-26(23,24)14-7-6-13(9-17-14)19(21)22/h6-7,9,12H,4-5,8,10-11H2,1-3H3. The molecule has 0 aromatic carbocycles. The van der Waals surface area contributed by atoms with Crippen molar-refractivity contribution in [3.8, 4) is 0 Å². The molecule has 0 radical (unpaired) electrons. The molecule has 1 unspecified atom stereocenters. The van der Waals surface area contributed by atoms with E-state index in [0.717, 1.165) is 18.3 Å². The topological polar surface area (TPSA) is 120 Å². The number of nitro groups is 1. The lowest BCUT2D eigenvalue weighted by Gasteiger charge is -2.33. The molecule has 0 spiro atoms. The van der Waals surface area contributed by atoms with Crippen LogP contribution >= 0.6 is 0 Å². The molecule has 1 aromatic heterocycles. The van der Waals surface area contributed by atoms with Gasteiger partial charge in [0.15, 0.2) is 14.9 Å². The highest BCUT2D eigenvalue weighted by molar-refractivity contribution is 7.91. The number of carbonyl (C=O) groups is 1. The number of carbonyl (C=O) groups excluding carboxylic acids is 1. The SMILES string of the molecule is CC(C)(C)OC(=O)N1CCCC(CS(=O)(=O)c2ccc([N+](=O)[O-])cn2)C1. The molecule has 1 fully saturated rings. The second-order valence-electron chi connectivity index (χ2n) is 7.33. The van der Waals surface area contributed by atoms with Gasteiger partial charge in [-0.2, -0.15) is 0 Å². The van der Waals surface area contributed by atoms with Gasteiger partial charge in [-0.05, 0) is 45.6 Å². The number of hydrogen-bond donors (Lipinski definition) is 0. The third kappa shape index (κ3) is 5.38. The van der Waals surface area contributed by atoms with Gasteiger partial charge in [-0.25, -0.2) is 18.2 Å². The van der Waals surface area contributed by atoms with Crippen molar-refractivity contribution in [2.75, 3.05) is 18.8 Å². The number of pyridine rings is 1. The summed E-state index contributed by atoms with van der Waals surface area (Å²) in [7, 11) is -3.70. The summed E-state index contributed by atoms with van der Waals surface area (Å²) in [6.45, 7) is 6.15. The zero-order valence-corrected chi connectivity index (χ0v) is 15.9. The minimum Gasteiger partial charge on any atom is -0.444 e. The molecule has 10 heteroatoms. The maximum Gasteiger partial charge on any atom is 0.410 e. The van der Waals surface area contributed by atoms with Crippen molar-refractivity contribution in [2.45, 2.75) is 44.2 Å². The first-order valence-electron chi connectivity index (χ1n) is 8.29. The molecule has 2 heterocycles. The van der Waals surface area contributed by atoms with Crippen LogP contribution in [-0.4, -0.2) is 53.8 Å². The van der Waals surface area contributed by atoms with Crippen LogP contribution in [0.15, 0.2) is 23.4 Å². The van der Waals surface area contributed by atoms with Gasteiger partial charge < -0.3 is 9.64 Å². The minimum absolute atomic E-state index is 0.170. The van der Waals surface area contributed by atoms with E-state index in [0.29, 0.717) is 25.9 Å². The summed E-state index contributed by atoms with van der Waals surface area (Å²) >= 11 is 0. The third-order valence-electron chi connectivity index (χ3n) is 3.88. The monoisotopic (exact) mass is 385 g/mol. The molecule has 9 nitrogen and oxygen atoms in total. The third-order valence-corrected chi connectivity index (χ3v) is 5.67. The maximum absolute atomic E-state index is 12.5. The van der Waals surface area contributed by atoms with Crippen molar-refractivity contribution >= 4 is 21.6 Å². The van der Waals surface area contributed by atoms with Gasteiger partial charge in [-0.15, -0.1) is 0 Å². The number of piperidine rings is 1. The van der Waals surface area contributed by atoms with Crippen LogP contribution in [0.3, 0.4) is 0 Å². The first kappa shape index (κ1) is 20.1. The zero-order valence-electron chi connectivity index (χ0n) is 15.0. The van der Waals surface area contributed by atoms with Crippen LogP contribution in [0, 0.1) is 16.0 Å². The van der Waals surface area contributed by atoms with E-state index in [2.05, 4.69) is 4.98 Å². The Kier molecular flexibility index (Phi) is 5.84. The summed E-state index contributed by atoms with van der Waals surface area (Å²) in [5.74, 6) is -0.407. The fourth-order valence-electron chi connectivity index (χ4n) is 2.75. The second kappa shape index (κ2) is 7.56. The Balaban J connectivity index is 2.04. The molecule has 0 N–H and O–H groups in total. The second-order valence-corrected chi connectivity index (χ2v) is 9.31. The van der Waals surface area contributed by atoms with Gasteiger partial charge in [-0.1, -0.05) is 0 Å². The predicted molar refractivity (Wildman–Crippen MR) is 93.5 cm³/mol. The van der Waals surface area contributed by atoms with Gasteiger partial charge in [0.25, 0.3) is 5.69 Å². The van der Waals surface area contributed by atoms with E-state index in [4.69, 9.17) is 4.74 Å². The molecule has 1 aliphatic heterocycles. The van der Waals surface area contributed by atoms with Crippen LogP contribution in [0.2, 0.25) is 0 Å². The molecule has 26 heavy (non-hydrogen) atoms. The molecule has 1 aliphatic rings. The van der Waals surface area contributed by atoms with E-state index in [1.54, 1.807) is 20.8 Å². The van der Waals surface area contributed by atoms with Gasteiger partial charge in [-0.3, -0.25) is 10.1 Å². The van der Waals surface area contributed by atoms with E-state index in [9.17, 15) is 23.3 Å². The lowest BCUT2D eigenvalue weighted by atomic mass is 10.0. The quantitative estimate of drug-likeness (QED) is 0.576. The first-order valence-corrected chi connectivity index (χ1v) is 9.94. The smallest absolute Gasteiger partial charge is 0.410 e. The molecule has 1 atom stereocenters. The summed E-state index contributed by atoms with van der Waals surface area (Å²) < 4.78 is 30.4. The van der Waals surface area contributed by atoms with Crippen molar-refractivity contribution in [3.63, 3.8) is 0 Å². The number of hydrogen-bond acceptors (Lipinski definition) is 7. The largest absolute Gasteiger partial charge is 0.444 e. The first-order chi connectivity index (χ1) is 12.0. The molecule has 0 aliphatic carbocycles. The van der Waals surface area contributed by atoms with Crippen LogP contribution in [0.4, 0.5) is 10.5 Å². The van der Waals surface area contributed by atoms with Crippen LogP contribution in [0.25, 0.3) is 0 Å². The number of likely N-dealkylation sites (tertiary alicyclic amines) is 1. The number of aromatic nitrogens is 1. The predicted octanol–water partition coefficient (Wildman–Crippen LogP) is 2.41. The van der Waals surface area contributed by atoms with Crippen molar-refractivity contribution < 1.29 is 22.9 Å². The van der Waals surface area contributed by atoms with Crippen molar-refractivity contribution in [2.24, 2.45) is 5.92 Å². The Hall–Kier alpha value is -2.23. The normalized spacial score (nSPS) is 18.4. The van der Waals surface area contributed by atoms with Crippen LogP contribution < -0.4 is 0 Å². The fraction of sp³-hybridized carbons (Fsp3) is 0.625. The maximum atomic E-state index is 12.5. The average Bonchev–Trinajstić information content (AvgIpc) is 2.53. The Morgan fingerprint density at radius 1 is 1.42 bits per heavy atom. The lowest BCUT2D eigenvalue weighted by Crippen LogP contribution is -2.44. The molecule has 1 amide bonds. The number of rotatable bonds is 4. The fourth-order valence-corrected chi connectivity index (χ4v) is 4.31. The zero-order chi connectivity index (χ0) is 19.5. The average molecular weight is 385 g/mol. The number of ether oxygens (including phenoxy) is 1. The summed E-state index contributed by atoms with van der Waals surface area (Å²) in [5.41, 5.74) is -0.878. The van der Waals surface area contributed by atoms with E-state index in [1.807, 2.05) is 0 Å². The highest BCUT2D eigenvalue weighted by atomic mass is 32.2. The van der Waals surface area contributed by atoms with Crippen LogP contribution in [0.1, 0.15) is 33.6 Å². The number of nitrogens with zero attached hydrogens (tertiary/aromatic N) is 3. The van der Waals surface area contributed by atoms with E-state index < -0.39 is 26.5 Å². The number of sulfone groups is 1. The van der Waals surface area contributed by atoms with Crippen molar-refractivity contribution in [3.05, 3.63) is 28.4 Å². The Bertz CT molecular complexity index is 770. The van der Waals surface area contributed by atoms with Gasteiger partial charge in [0.05, 0.1) is 10.7 Å². The van der Waals surface area contributed by atoms with Crippen molar-refractivity contribution in [1.82, 2.24) is 9.88 Å². The minimum atomic E-state index is -3.70. The van der Waals surface area contributed by atoms with Gasteiger partial charge >= 0.3 is 6.09 Å². The molecular weight excluding hydrogens is 362 g/mol. The Morgan fingerprint density at radius 3 is 2.65 bits per heavy atom. The summed E-state index contributed by atoms with van der Waals surface area (Å²) in [5, 5.41) is 10.4. The summed E-state index contributed by atoms with van der Waals surface area (Å²) in [6, 6.07) is 2.26. The summed E-state index contributed by atoms with van der Waals surface area (Å²) in [4.78, 5) is 27.4. The lowest BCUT2D eigenvalue weighted by molar-refractivity contribution is -0.385. The Labute approximate surface area is 152 Å². The molecule has 1 saturated heterocycles. The van der Waals surface area contributed by atoms with E-state index in [1.165, 1.54) is 4.90 Å². The number of amides is 1. The van der Waals surface area contributed by atoms with E-state index >= 15 is 0 Å². The van der Waals surface area contributed by atoms with Crippen molar-refractivity contribution in [1.29, 1.82) is 0 Å². The van der Waals surface area contributed by atoms with Gasteiger partial charge in [0.1, 0.15) is 11.8 Å². The highest BCUT2D eigenvalue weighted by Crippen LogP contribution is 2.23. The van der Waals surface area contributed by atoms with Crippen LogP contribution in [-0.2, 0) is 14.6 Å². The molecule has 1 aromatic rings. The molecule has 0 saturated carbocycles. The van der Waals surface area contributed by atoms with Gasteiger partial charge in [0, 0.05) is 19.2 Å². The van der Waals surface area contributed by atoms with Crippen LogP contribution in [0.5, 0.6) is 0 Å². The molecular formula is C16H23N3O6S. The Morgan fingerprint density at radius 2 is 2.12 bits per heavy atom.